The Morgan fingerprint density at radius 3 is 2.67 bits per heavy atom. The first-order valence-electron chi connectivity index (χ1n) is 7.92. The molecule has 1 atom stereocenters. The van der Waals surface area contributed by atoms with E-state index in [4.69, 9.17) is 9.47 Å². The molecule has 3 fully saturated rings. The summed E-state index contributed by atoms with van der Waals surface area (Å²) >= 11 is 0. The molecule has 0 aliphatic carbocycles. The van der Waals surface area contributed by atoms with Crippen LogP contribution in [0.5, 0.6) is 0 Å². The van der Waals surface area contributed by atoms with Gasteiger partial charge >= 0.3 is 0 Å². The van der Waals surface area contributed by atoms with Crippen molar-refractivity contribution >= 4 is 10.0 Å². The number of hydrogen-bond donors (Lipinski definition) is 0. The highest BCUT2D eigenvalue weighted by Crippen LogP contribution is 2.31. The minimum Gasteiger partial charge on any atom is -0.346 e. The highest BCUT2D eigenvalue weighted by Gasteiger charge is 2.41. The van der Waals surface area contributed by atoms with Crippen LogP contribution in [0.4, 0.5) is 0 Å². The molecular weight excluding hydrogens is 292 g/mol. The van der Waals surface area contributed by atoms with Crippen LogP contribution in [0.25, 0.3) is 0 Å². The van der Waals surface area contributed by atoms with Crippen molar-refractivity contribution in [3.05, 3.63) is 0 Å². The largest absolute Gasteiger partial charge is 0.346 e. The summed E-state index contributed by atoms with van der Waals surface area (Å²) in [5.41, 5.74) is 0. The first-order chi connectivity index (χ1) is 9.97. The summed E-state index contributed by atoms with van der Waals surface area (Å²) in [7, 11) is -3.06. The standard InChI is InChI=1S/C14H26N2O4S/c1-21(17,18)16-7-2-4-13(11-16)10-15-6-3-5-14(12-15)19-8-9-20-14/h13H,2-12H2,1H3. The average molecular weight is 318 g/mol. The lowest BCUT2D eigenvalue weighted by atomic mass is 9.96. The molecule has 0 amide bonds. The zero-order valence-electron chi connectivity index (χ0n) is 12.8. The second-order valence-electron chi connectivity index (χ2n) is 6.58. The van der Waals surface area contributed by atoms with Gasteiger partial charge in [-0.3, -0.25) is 4.90 Å². The molecule has 0 N–H and O–H groups in total. The van der Waals surface area contributed by atoms with E-state index >= 15 is 0 Å². The Balaban J connectivity index is 1.56. The van der Waals surface area contributed by atoms with E-state index in [1.165, 1.54) is 6.26 Å². The number of rotatable bonds is 3. The highest BCUT2D eigenvalue weighted by atomic mass is 32.2. The number of sulfonamides is 1. The van der Waals surface area contributed by atoms with Gasteiger partial charge in [0.2, 0.25) is 10.0 Å². The van der Waals surface area contributed by atoms with Gasteiger partial charge in [0.05, 0.1) is 26.0 Å². The molecule has 3 rings (SSSR count). The van der Waals surface area contributed by atoms with Gasteiger partial charge in [-0.15, -0.1) is 0 Å². The summed E-state index contributed by atoms with van der Waals surface area (Å²) in [5, 5.41) is 0. The van der Waals surface area contributed by atoms with E-state index in [2.05, 4.69) is 4.90 Å². The van der Waals surface area contributed by atoms with Crippen LogP contribution in [-0.4, -0.2) is 75.6 Å². The highest BCUT2D eigenvalue weighted by molar-refractivity contribution is 7.88. The zero-order valence-corrected chi connectivity index (χ0v) is 13.6. The fraction of sp³-hybridized carbons (Fsp3) is 1.00. The molecule has 3 saturated heterocycles. The molecular formula is C14H26N2O4S. The van der Waals surface area contributed by atoms with Crippen molar-refractivity contribution in [1.82, 2.24) is 9.21 Å². The Kier molecular flexibility index (Phi) is 4.57. The maximum absolute atomic E-state index is 11.7. The van der Waals surface area contributed by atoms with Gasteiger partial charge in [-0.25, -0.2) is 12.7 Å². The van der Waals surface area contributed by atoms with Crippen LogP contribution in [0, 0.1) is 5.92 Å². The molecule has 1 spiro atoms. The molecule has 6 nitrogen and oxygen atoms in total. The number of ether oxygens (including phenoxy) is 2. The van der Waals surface area contributed by atoms with Gasteiger partial charge in [-0.1, -0.05) is 0 Å². The summed E-state index contributed by atoms with van der Waals surface area (Å²) in [6, 6.07) is 0. The maximum Gasteiger partial charge on any atom is 0.211 e. The molecule has 0 aromatic rings. The second-order valence-corrected chi connectivity index (χ2v) is 8.56. The third-order valence-electron chi connectivity index (χ3n) is 4.78. The van der Waals surface area contributed by atoms with Crippen LogP contribution in [0.1, 0.15) is 25.7 Å². The lowest BCUT2D eigenvalue weighted by Gasteiger charge is -2.41. The average Bonchev–Trinajstić information content (AvgIpc) is 2.86. The van der Waals surface area contributed by atoms with Crippen LogP contribution in [0.15, 0.2) is 0 Å². The molecule has 1 unspecified atom stereocenters. The molecule has 0 radical (unpaired) electrons. The van der Waals surface area contributed by atoms with E-state index in [1.807, 2.05) is 0 Å². The van der Waals surface area contributed by atoms with Gasteiger partial charge in [0, 0.05) is 26.1 Å². The Labute approximate surface area is 127 Å². The molecule has 0 bridgehead atoms. The monoisotopic (exact) mass is 318 g/mol. The fourth-order valence-corrected chi connectivity index (χ4v) is 4.74. The third kappa shape index (κ3) is 3.76. The Bertz CT molecular complexity index is 462. The van der Waals surface area contributed by atoms with Gasteiger partial charge < -0.3 is 9.47 Å². The van der Waals surface area contributed by atoms with E-state index in [0.717, 1.165) is 45.3 Å². The summed E-state index contributed by atoms with van der Waals surface area (Å²) in [4.78, 5) is 2.39. The topological polar surface area (TPSA) is 59.1 Å². The minimum atomic E-state index is -3.06. The number of nitrogens with zero attached hydrogens (tertiary/aromatic N) is 2. The SMILES string of the molecule is CS(=O)(=O)N1CCCC(CN2CCCC3(C2)OCCO3)C1. The fourth-order valence-electron chi connectivity index (χ4n) is 3.80. The molecule has 122 valence electrons. The molecule has 0 aromatic carbocycles. The molecule has 21 heavy (non-hydrogen) atoms. The van der Waals surface area contributed by atoms with Crippen LogP contribution in [0.2, 0.25) is 0 Å². The van der Waals surface area contributed by atoms with Gasteiger partial charge in [-0.05, 0) is 31.7 Å². The van der Waals surface area contributed by atoms with Crippen LogP contribution in [0.3, 0.4) is 0 Å². The predicted molar refractivity (Wildman–Crippen MR) is 79.4 cm³/mol. The van der Waals surface area contributed by atoms with E-state index in [-0.39, 0.29) is 5.79 Å². The molecule has 3 heterocycles. The number of piperidine rings is 2. The zero-order chi connectivity index (χ0) is 14.9. The Hall–Kier alpha value is -0.210. The van der Waals surface area contributed by atoms with Crippen molar-refractivity contribution in [1.29, 1.82) is 0 Å². The third-order valence-corrected chi connectivity index (χ3v) is 6.05. The van der Waals surface area contributed by atoms with Crippen molar-refractivity contribution in [3.63, 3.8) is 0 Å². The van der Waals surface area contributed by atoms with E-state index in [1.54, 1.807) is 4.31 Å². The summed E-state index contributed by atoms with van der Waals surface area (Å²) in [6.45, 7) is 5.54. The molecule has 3 aliphatic heterocycles. The van der Waals surface area contributed by atoms with Crippen LogP contribution in [-0.2, 0) is 19.5 Å². The van der Waals surface area contributed by atoms with Crippen molar-refractivity contribution < 1.29 is 17.9 Å². The molecule has 0 aromatic heterocycles. The van der Waals surface area contributed by atoms with E-state index in [9.17, 15) is 8.42 Å². The smallest absolute Gasteiger partial charge is 0.211 e. The van der Waals surface area contributed by atoms with Crippen molar-refractivity contribution in [2.45, 2.75) is 31.5 Å². The van der Waals surface area contributed by atoms with E-state index < -0.39 is 10.0 Å². The number of hydrogen-bond acceptors (Lipinski definition) is 5. The van der Waals surface area contributed by atoms with Gasteiger partial charge in [-0.2, -0.15) is 0 Å². The summed E-state index contributed by atoms with van der Waals surface area (Å²) < 4.78 is 36.6. The lowest BCUT2D eigenvalue weighted by molar-refractivity contribution is -0.190. The maximum atomic E-state index is 11.7. The van der Waals surface area contributed by atoms with E-state index in [0.29, 0.717) is 32.2 Å². The van der Waals surface area contributed by atoms with Gasteiger partial charge in [0.15, 0.2) is 5.79 Å². The summed E-state index contributed by atoms with van der Waals surface area (Å²) in [6.07, 6.45) is 5.44. The van der Waals surface area contributed by atoms with Crippen LogP contribution >= 0.6 is 0 Å². The Morgan fingerprint density at radius 1 is 1.19 bits per heavy atom. The molecule has 3 aliphatic rings. The molecule has 7 heteroatoms. The quantitative estimate of drug-likeness (QED) is 0.758. The normalized spacial score (nSPS) is 31.8. The van der Waals surface area contributed by atoms with Crippen molar-refractivity contribution in [2.24, 2.45) is 5.92 Å². The van der Waals surface area contributed by atoms with Gasteiger partial charge in [0.25, 0.3) is 0 Å². The predicted octanol–water partition coefficient (Wildman–Crippen LogP) is 0.497. The lowest BCUT2D eigenvalue weighted by Crippen LogP contribution is -2.51. The van der Waals surface area contributed by atoms with Crippen molar-refractivity contribution in [3.8, 4) is 0 Å². The van der Waals surface area contributed by atoms with Crippen molar-refractivity contribution in [2.75, 3.05) is 52.2 Å². The van der Waals surface area contributed by atoms with Gasteiger partial charge in [0.1, 0.15) is 0 Å². The Morgan fingerprint density at radius 2 is 1.95 bits per heavy atom. The first-order valence-corrected chi connectivity index (χ1v) is 9.77. The number of likely N-dealkylation sites (tertiary alicyclic amines) is 1. The second kappa shape index (κ2) is 6.12. The van der Waals surface area contributed by atoms with Crippen LogP contribution < -0.4 is 0 Å². The summed E-state index contributed by atoms with van der Waals surface area (Å²) in [5.74, 6) is 0.0358. The first kappa shape index (κ1) is 15.7. The minimum absolute atomic E-state index is 0.385. The molecule has 0 saturated carbocycles.